The third kappa shape index (κ3) is 3.54. The van der Waals surface area contributed by atoms with Crippen molar-refractivity contribution in [1.29, 1.82) is 5.41 Å². The number of ether oxygens (including phenoxy) is 1. The summed E-state index contributed by atoms with van der Waals surface area (Å²) in [5.74, 6) is 1.12. The average molecular weight is 300 g/mol. The maximum Gasteiger partial charge on any atom is 0.138 e. The highest BCUT2D eigenvalue weighted by molar-refractivity contribution is 6.32. The Morgan fingerprint density at radius 1 is 1.35 bits per heavy atom. The van der Waals surface area contributed by atoms with Crippen molar-refractivity contribution in [1.82, 2.24) is 4.90 Å². The zero-order chi connectivity index (χ0) is 14.5. The molecule has 0 spiro atoms. The van der Waals surface area contributed by atoms with Gasteiger partial charge in [-0.25, -0.2) is 4.39 Å². The van der Waals surface area contributed by atoms with Crippen LogP contribution < -0.4 is 9.64 Å². The van der Waals surface area contributed by atoms with Gasteiger partial charge < -0.3 is 14.5 Å². The van der Waals surface area contributed by atoms with Gasteiger partial charge >= 0.3 is 0 Å². The molecule has 2 rings (SSSR count). The minimum absolute atomic E-state index is 0.0242. The van der Waals surface area contributed by atoms with Crippen molar-refractivity contribution in [2.45, 2.75) is 6.92 Å². The van der Waals surface area contributed by atoms with Crippen LogP contribution in [0.4, 0.5) is 10.1 Å². The number of hydrogen-bond donors (Lipinski definition) is 1. The van der Waals surface area contributed by atoms with Gasteiger partial charge in [0.05, 0.1) is 10.9 Å². The van der Waals surface area contributed by atoms with E-state index >= 15 is 0 Å². The number of alkyl halides is 1. The molecule has 0 aromatic heterocycles. The summed E-state index contributed by atoms with van der Waals surface area (Å²) in [6.45, 7) is 4.71. The Labute approximate surface area is 123 Å². The molecule has 1 N–H and O–H groups in total. The second-order valence-corrected chi connectivity index (χ2v) is 5.12. The lowest BCUT2D eigenvalue weighted by Crippen LogP contribution is -2.47. The molecule has 0 saturated carbocycles. The van der Waals surface area contributed by atoms with Gasteiger partial charge in [-0.15, -0.1) is 0 Å². The molecule has 0 bridgehead atoms. The summed E-state index contributed by atoms with van der Waals surface area (Å²) in [6.07, 6.45) is 0. The summed E-state index contributed by atoms with van der Waals surface area (Å²) < 4.78 is 17.3. The molecule has 1 aliphatic rings. The van der Waals surface area contributed by atoms with Crippen LogP contribution in [0, 0.1) is 5.41 Å². The van der Waals surface area contributed by atoms with Crippen LogP contribution in [-0.2, 0) is 0 Å². The maximum atomic E-state index is 12.1. The Balaban J connectivity index is 2.00. The highest BCUT2D eigenvalue weighted by Crippen LogP contribution is 2.30. The van der Waals surface area contributed by atoms with Gasteiger partial charge in [0, 0.05) is 31.9 Å². The number of rotatable bonds is 4. The van der Waals surface area contributed by atoms with Crippen molar-refractivity contribution >= 4 is 23.1 Å². The van der Waals surface area contributed by atoms with Gasteiger partial charge in [0.1, 0.15) is 19.0 Å². The molecule has 1 saturated heterocycles. The number of nitrogens with one attached hydrogen (secondary N) is 1. The van der Waals surface area contributed by atoms with Gasteiger partial charge in [0.15, 0.2) is 0 Å². The minimum Gasteiger partial charge on any atom is -0.489 e. The number of hydrogen-bond acceptors (Lipinski definition) is 3. The van der Waals surface area contributed by atoms with Crippen LogP contribution in [0.1, 0.15) is 6.92 Å². The summed E-state index contributed by atoms with van der Waals surface area (Å²) in [5, 5.41) is 8.13. The number of piperazine rings is 1. The molecule has 1 heterocycles. The van der Waals surface area contributed by atoms with E-state index in [2.05, 4.69) is 9.80 Å². The lowest BCUT2D eigenvalue weighted by molar-refractivity contribution is 0.273. The fourth-order valence-corrected chi connectivity index (χ4v) is 2.48. The predicted octanol–water partition coefficient (Wildman–Crippen LogP) is 2.81. The fourth-order valence-electron chi connectivity index (χ4n) is 2.25. The van der Waals surface area contributed by atoms with E-state index < -0.39 is 6.67 Å². The van der Waals surface area contributed by atoms with E-state index in [4.69, 9.17) is 21.7 Å². The monoisotopic (exact) mass is 299 g/mol. The average Bonchev–Trinajstić information content (AvgIpc) is 2.46. The highest BCUT2D eigenvalue weighted by Gasteiger charge is 2.18. The fraction of sp³-hybridized carbons (Fsp3) is 0.500. The number of benzene rings is 1. The molecule has 1 aromatic carbocycles. The van der Waals surface area contributed by atoms with E-state index in [0.717, 1.165) is 31.9 Å². The summed E-state index contributed by atoms with van der Waals surface area (Å²) in [4.78, 5) is 4.28. The van der Waals surface area contributed by atoms with E-state index in [1.54, 1.807) is 6.07 Å². The van der Waals surface area contributed by atoms with Crippen molar-refractivity contribution in [3.63, 3.8) is 0 Å². The van der Waals surface area contributed by atoms with Crippen molar-refractivity contribution in [3.05, 3.63) is 23.2 Å². The first-order valence-corrected chi connectivity index (χ1v) is 7.03. The van der Waals surface area contributed by atoms with Gasteiger partial charge in [-0.1, -0.05) is 11.6 Å². The molecule has 20 heavy (non-hydrogen) atoms. The van der Waals surface area contributed by atoms with Crippen molar-refractivity contribution in [2.75, 3.05) is 44.4 Å². The van der Waals surface area contributed by atoms with Gasteiger partial charge in [-0.2, -0.15) is 0 Å². The first-order valence-electron chi connectivity index (χ1n) is 6.65. The van der Waals surface area contributed by atoms with Crippen LogP contribution in [-0.4, -0.2) is 50.2 Å². The third-order valence-corrected chi connectivity index (χ3v) is 3.66. The van der Waals surface area contributed by atoms with Crippen LogP contribution in [0.25, 0.3) is 0 Å². The Bertz CT molecular complexity index is 475. The van der Waals surface area contributed by atoms with Crippen molar-refractivity contribution < 1.29 is 9.13 Å². The van der Waals surface area contributed by atoms with Crippen molar-refractivity contribution in [3.8, 4) is 5.75 Å². The lowest BCUT2D eigenvalue weighted by Gasteiger charge is -2.36. The molecule has 4 nitrogen and oxygen atoms in total. The second kappa shape index (κ2) is 6.79. The number of amidine groups is 1. The first kappa shape index (κ1) is 14.9. The molecule has 0 radical (unpaired) electrons. The molecule has 1 aromatic rings. The molecule has 110 valence electrons. The van der Waals surface area contributed by atoms with Gasteiger partial charge in [0.25, 0.3) is 0 Å². The number of nitrogens with zero attached hydrogens (tertiary/aromatic N) is 2. The van der Waals surface area contributed by atoms with Crippen molar-refractivity contribution in [2.24, 2.45) is 0 Å². The summed E-state index contributed by atoms with van der Waals surface area (Å²) in [7, 11) is 0. The summed E-state index contributed by atoms with van der Waals surface area (Å²) in [6, 6.07) is 5.57. The quantitative estimate of drug-likeness (QED) is 0.686. The van der Waals surface area contributed by atoms with Gasteiger partial charge in [-0.3, -0.25) is 5.41 Å². The van der Waals surface area contributed by atoms with Crippen LogP contribution >= 0.6 is 11.6 Å². The Hall–Kier alpha value is -1.49. The molecular formula is C14H19ClFN3O. The molecule has 0 amide bonds. The standard InChI is InChI=1S/C14H19ClFN3O/c1-11(17)18-5-7-19(8-6-18)12-2-3-14(13(15)10-12)20-9-4-16/h2-3,10,17H,4-9H2,1H3. The summed E-state index contributed by atoms with van der Waals surface area (Å²) in [5.41, 5.74) is 1.03. The first-order chi connectivity index (χ1) is 9.61. The predicted molar refractivity (Wildman–Crippen MR) is 80.1 cm³/mol. The molecule has 1 fully saturated rings. The van der Waals surface area contributed by atoms with Crippen LogP contribution in [0.5, 0.6) is 5.75 Å². The van der Waals surface area contributed by atoms with E-state index in [1.807, 2.05) is 19.1 Å². The molecule has 0 aliphatic carbocycles. The van der Waals surface area contributed by atoms with Crippen LogP contribution in [0.15, 0.2) is 18.2 Å². The molecule has 1 aliphatic heterocycles. The number of anilines is 1. The maximum absolute atomic E-state index is 12.1. The molecule has 0 unspecified atom stereocenters. The minimum atomic E-state index is -0.525. The topological polar surface area (TPSA) is 39.6 Å². The SMILES string of the molecule is CC(=N)N1CCN(c2ccc(OCCF)c(Cl)c2)CC1. The lowest BCUT2D eigenvalue weighted by atomic mass is 10.2. The largest absolute Gasteiger partial charge is 0.489 e. The van der Waals surface area contributed by atoms with E-state index in [-0.39, 0.29) is 6.61 Å². The normalized spacial score (nSPS) is 15.3. The molecule has 6 heteroatoms. The molecule has 0 atom stereocenters. The third-order valence-electron chi connectivity index (χ3n) is 3.37. The van der Waals surface area contributed by atoms with Crippen LogP contribution in [0.3, 0.4) is 0 Å². The van der Waals surface area contributed by atoms with Crippen LogP contribution in [0.2, 0.25) is 5.02 Å². The Kier molecular flexibility index (Phi) is 5.06. The zero-order valence-electron chi connectivity index (χ0n) is 11.5. The van der Waals surface area contributed by atoms with E-state index in [0.29, 0.717) is 16.6 Å². The van der Waals surface area contributed by atoms with Gasteiger partial charge in [-0.05, 0) is 25.1 Å². The second-order valence-electron chi connectivity index (χ2n) is 4.71. The Morgan fingerprint density at radius 2 is 2.05 bits per heavy atom. The van der Waals surface area contributed by atoms with Gasteiger partial charge in [0.2, 0.25) is 0 Å². The smallest absolute Gasteiger partial charge is 0.138 e. The van der Waals surface area contributed by atoms with E-state index in [9.17, 15) is 4.39 Å². The Morgan fingerprint density at radius 3 is 2.60 bits per heavy atom. The highest BCUT2D eigenvalue weighted by atomic mass is 35.5. The van der Waals surface area contributed by atoms with E-state index in [1.165, 1.54) is 0 Å². The number of halogens is 2. The molecular weight excluding hydrogens is 281 g/mol. The zero-order valence-corrected chi connectivity index (χ0v) is 12.3. The summed E-state index contributed by atoms with van der Waals surface area (Å²) >= 11 is 6.14.